The molecule has 0 N–H and O–H groups in total. The second kappa shape index (κ2) is 5.61. The van der Waals surface area contributed by atoms with Crippen LogP contribution in [-0.4, -0.2) is 6.29 Å². The number of carbonyl (C=O) groups is 1. The summed E-state index contributed by atoms with van der Waals surface area (Å²) in [5.41, 5.74) is 2.01. The Labute approximate surface area is 117 Å². The van der Waals surface area contributed by atoms with Gasteiger partial charge in [0.05, 0.1) is 5.92 Å². The molecule has 2 rings (SSSR count). The van der Waals surface area contributed by atoms with Gasteiger partial charge in [0.15, 0.2) is 0 Å². The fourth-order valence-corrected chi connectivity index (χ4v) is 2.22. The molecule has 0 saturated carbocycles. The highest BCUT2D eigenvalue weighted by Gasteiger charge is 2.12. The first-order valence-corrected chi connectivity index (χ1v) is 6.75. The molecule has 17 heavy (non-hydrogen) atoms. The summed E-state index contributed by atoms with van der Waals surface area (Å²) in [5.74, 6) is -0.198. The van der Waals surface area contributed by atoms with Crippen LogP contribution in [0.25, 0.3) is 0 Å². The van der Waals surface area contributed by atoms with E-state index in [0.29, 0.717) is 0 Å². The van der Waals surface area contributed by atoms with Crippen molar-refractivity contribution < 1.29 is 4.79 Å². The van der Waals surface area contributed by atoms with Gasteiger partial charge in [0.2, 0.25) is 0 Å². The first kappa shape index (κ1) is 12.5. The van der Waals surface area contributed by atoms with Gasteiger partial charge in [0.25, 0.3) is 0 Å². The Hall–Kier alpha value is -0.930. The zero-order chi connectivity index (χ0) is 12.3. The van der Waals surface area contributed by atoms with Crippen LogP contribution in [0, 0.1) is 0 Å². The maximum Gasteiger partial charge on any atom is 0.131 e. The van der Waals surface area contributed by atoms with Crippen LogP contribution >= 0.6 is 31.9 Å². The molecule has 3 heteroatoms. The predicted octanol–water partition coefficient (Wildman–Crippen LogP) is 4.54. The van der Waals surface area contributed by atoms with E-state index < -0.39 is 0 Å². The summed E-state index contributed by atoms with van der Waals surface area (Å²) in [4.78, 5) is 11.3. The van der Waals surface area contributed by atoms with E-state index in [2.05, 4.69) is 31.9 Å². The van der Waals surface area contributed by atoms with Gasteiger partial charge in [-0.05, 0) is 35.4 Å². The molecule has 0 aliphatic heterocycles. The fraction of sp³-hybridized carbons (Fsp3) is 0.0714. The van der Waals surface area contributed by atoms with Crippen molar-refractivity contribution in [3.63, 3.8) is 0 Å². The average Bonchev–Trinajstić information content (AvgIpc) is 2.35. The molecule has 0 aromatic heterocycles. The molecule has 0 saturated heterocycles. The van der Waals surface area contributed by atoms with Crippen LogP contribution in [0.5, 0.6) is 0 Å². The van der Waals surface area contributed by atoms with Gasteiger partial charge in [0, 0.05) is 8.95 Å². The van der Waals surface area contributed by atoms with Crippen molar-refractivity contribution in [1.29, 1.82) is 0 Å². The smallest absolute Gasteiger partial charge is 0.131 e. The molecule has 2 aromatic carbocycles. The molecular formula is C14H10Br2O. The summed E-state index contributed by atoms with van der Waals surface area (Å²) in [6, 6.07) is 15.7. The van der Waals surface area contributed by atoms with Crippen molar-refractivity contribution in [2.24, 2.45) is 0 Å². The van der Waals surface area contributed by atoms with Gasteiger partial charge in [-0.3, -0.25) is 0 Å². The molecule has 86 valence electrons. The molecular weight excluding hydrogens is 344 g/mol. The van der Waals surface area contributed by atoms with Crippen LogP contribution in [0.4, 0.5) is 0 Å². The minimum atomic E-state index is -0.198. The van der Waals surface area contributed by atoms with Crippen LogP contribution in [-0.2, 0) is 4.79 Å². The van der Waals surface area contributed by atoms with Gasteiger partial charge < -0.3 is 4.79 Å². The summed E-state index contributed by atoms with van der Waals surface area (Å²) in [7, 11) is 0. The topological polar surface area (TPSA) is 17.1 Å². The Morgan fingerprint density at radius 1 is 0.765 bits per heavy atom. The molecule has 0 fully saturated rings. The van der Waals surface area contributed by atoms with Crippen molar-refractivity contribution in [3.05, 3.63) is 68.6 Å². The van der Waals surface area contributed by atoms with Crippen LogP contribution < -0.4 is 0 Å². The van der Waals surface area contributed by atoms with Gasteiger partial charge >= 0.3 is 0 Å². The van der Waals surface area contributed by atoms with Crippen molar-refractivity contribution >= 4 is 38.1 Å². The summed E-state index contributed by atoms with van der Waals surface area (Å²) >= 11 is 6.78. The molecule has 0 radical (unpaired) electrons. The lowest BCUT2D eigenvalue weighted by molar-refractivity contribution is -0.108. The lowest BCUT2D eigenvalue weighted by atomic mass is 9.93. The number of aldehydes is 1. The number of rotatable bonds is 3. The molecule has 1 nitrogen and oxygen atoms in total. The first-order chi connectivity index (χ1) is 8.20. The van der Waals surface area contributed by atoms with Crippen molar-refractivity contribution in [3.8, 4) is 0 Å². The molecule has 0 spiro atoms. The lowest BCUT2D eigenvalue weighted by Gasteiger charge is -2.11. The third-order valence-corrected chi connectivity index (χ3v) is 3.65. The minimum Gasteiger partial charge on any atom is -0.302 e. The van der Waals surface area contributed by atoms with Crippen LogP contribution in [0.2, 0.25) is 0 Å². The Morgan fingerprint density at radius 3 is 1.41 bits per heavy atom. The molecule has 0 heterocycles. The summed E-state index contributed by atoms with van der Waals surface area (Å²) in [6.45, 7) is 0. The Morgan fingerprint density at radius 2 is 1.12 bits per heavy atom. The van der Waals surface area contributed by atoms with Crippen molar-refractivity contribution in [1.82, 2.24) is 0 Å². The third-order valence-electron chi connectivity index (χ3n) is 2.59. The highest BCUT2D eigenvalue weighted by molar-refractivity contribution is 9.10. The van der Waals surface area contributed by atoms with Crippen molar-refractivity contribution in [2.75, 3.05) is 0 Å². The Balaban J connectivity index is 2.36. The van der Waals surface area contributed by atoms with E-state index in [1.54, 1.807) is 0 Å². The van der Waals surface area contributed by atoms with Gasteiger partial charge in [-0.25, -0.2) is 0 Å². The molecule has 0 amide bonds. The van der Waals surface area contributed by atoms with Crippen molar-refractivity contribution in [2.45, 2.75) is 5.92 Å². The normalized spacial score (nSPS) is 10.5. The van der Waals surface area contributed by atoms with E-state index in [0.717, 1.165) is 26.4 Å². The molecule has 0 atom stereocenters. The number of hydrogen-bond donors (Lipinski definition) is 0. The number of benzene rings is 2. The number of carbonyl (C=O) groups excluding carboxylic acids is 1. The van der Waals surface area contributed by atoms with Gasteiger partial charge in [-0.1, -0.05) is 56.1 Å². The largest absolute Gasteiger partial charge is 0.302 e. The van der Waals surface area contributed by atoms with E-state index in [4.69, 9.17) is 0 Å². The van der Waals surface area contributed by atoms with E-state index in [-0.39, 0.29) is 5.92 Å². The van der Waals surface area contributed by atoms with Crippen LogP contribution in [0.15, 0.2) is 57.5 Å². The minimum absolute atomic E-state index is 0.198. The standard InChI is InChI=1S/C14H10Br2O/c15-12-5-1-10(2-6-12)14(9-17)11-3-7-13(16)8-4-11/h1-9,14H. The SMILES string of the molecule is O=CC(c1ccc(Br)cc1)c1ccc(Br)cc1. The van der Waals surface area contributed by atoms with E-state index in [9.17, 15) is 4.79 Å². The maximum atomic E-state index is 11.3. The molecule has 0 bridgehead atoms. The molecule has 0 aliphatic carbocycles. The highest BCUT2D eigenvalue weighted by atomic mass is 79.9. The lowest BCUT2D eigenvalue weighted by Crippen LogP contribution is -2.01. The monoisotopic (exact) mass is 352 g/mol. The third kappa shape index (κ3) is 3.05. The predicted molar refractivity (Wildman–Crippen MR) is 76.2 cm³/mol. The van der Waals surface area contributed by atoms with Crippen LogP contribution in [0.3, 0.4) is 0 Å². The maximum absolute atomic E-state index is 11.3. The zero-order valence-corrected chi connectivity index (χ0v) is 12.1. The molecule has 0 aliphatic rings. The second-order valence-electron chi connectivity index (χ2n) is 3.72. The average molecular weight is 354 g/mol. The number of hydrogen-bond acceptors (Lipinski definition) is 1. The Bertz CT molecular complexity index is 457. The Kier molecular flexibility index (Phi) is 4.13. The van der Waals surface area contributed by atoms with Gasteiger partial charge in [0.1, 0.15) is 6.29 Å². The first-order valence-electron chi connectivity index (χ1n) is 5.17. The molecule has 0 unspecified atom stereocenters. The number of halogens is 2. The highest BCUT2D eigenvalue weighted by Crippen LogP contribution is 2.25. The van der Waals surface area contributed by atoms with Gasteiger partial charge in [-0.2, -0.15) is 0 Å². The van der Waals surface area contributed by atoms with Gasteiger partial charge in [-0.15, -0.1) is 0 Å². The zero-order valence-electron chi connectivity index (χ0n) is 8.94. The summed E-state index contributed by atoms with van der Waals surface area (Å²) in [5, 5.41) is 0. The molecule has 2 aromatic rings. The summed E-state index contributed by atoms with van der Waals surface area (Å²) in [6.07, 6.45) is 0.979. The van der Waals surface area contributed by atoms with E-state index in [1.165, 1.54) is 0 Å². The fourth-order valence-electron chi connectivity index (χ4n) is 1.69. The van der Waals surface area contributed by atoms with E-state index in [1.807, 2.05) is 48.5 Å². The van der Waals surface area contributed by atoms with E-state index >= 15 is 0 Å². The quantitative estimate of drug-likeness (QED) is 0.740. The summed E-state index contributed by atoms with van der Waals surface area (Å²) < 4.78 is 2.03. The second-order valence-corrected chi connectivity index (χ2v) is 5.55. The van der Waals surface area contributed by atoms with Crippen LogP contribution in [0.1, 0.15) is 17.0 Å².